The van der Waals surface area contributed by atoms with Gasteiger partial charge in [-0.2, -0.15) is 4.79 Å². The zero-order valence-electron chi connectivity index (χ0n) is 7.34. The summed E-state index contributed by atoms with van der Waals surface area (Å²) in [4.78, 5) is 13.3. The van der Waals surface area contributed by atoms with Crippen LogP contribution in [0.15, 0.2) is 36.9 Å². The van der Waals surface area contributed by atoms with E-state index < -0.39 is 11.7 Å². The highest BCUT2D eigenvalue weighted by Crippen LogP contribution is 2.12. The molecule has 0 heterocycles. The lowest BCUT2D eigenvalue weighted by atomic mass is 10.0. The minimum atomic E-state index is -1.30. The first-order valence-electron chi connectivity index (χ1n) is 3.87. The van der Waals surface area contributed by atoms with E-state index in [2.05, 4.69) is 11.4 Å². The molecule has 4 heteroatoms. The Morgan fingerprint density at radius 3 is 2.36 bits per heavy atom. The van der Waals surface area contributed by atoms with Gasteiger partial charge in [-0.25, -0.2) is 4.79 Å². The molecule has 1 aromatic carbocycles. The zero-order valence-corrected chi connectivity index (χ0v) is 7.34. The van der Waals surface area contributed by atoms with Crippen molar-refractivity contribution in [2.75, 3.05) is 0 Å². The third-order valence-corrected chi connectivity index (χ3v) is 1.71. The Balaban J connectivity index is 3.09. The Labute approximate surface area is 80.7 Å². The standard InChI is InChI=1S/C10H8N2O2/c1-7(9(12-11)10(13)14)8-5-3-2-4-6-8/h2-6H,1H2,(H,13,14). The number of hydrogen-bond acceptors (Lipinski definition) is 1. The van der Waals surface area contributed by atoms with Gasteiger partial charge in [-0.1, -0.05) is 36.9 Å². The van der Waals surface area contributed by atoms with Crippen LogP contribution in [0.3, 0.4) is 0 Å². The summed E-state index contributed by atoms with van der Waals surface area (Å²) in [6.07, 6.45) is 0. The van der Waals surface area contributed by atoms with Crippen LogP contribution in [-0.4, -0.2) is 21.6 Å². The second-order valence-corrected chi connectivity index (χ2v) is 2.60. The summed E-state index contributed by atoms with van der Waals surface area (Å²) in [5, 5.41) is 8.65. The van der Waals surface area contributed by atoms with Gasteiger partial charge in [0.1, 0.15) is 0 Å². The van der Waals surface area contributed by atoms with Crippen LogP contribution in [0, 0.1) is 0 Å². The van der Waals surface area contributed by atoms with Gasteiger partial charge in [-0.05, 0) is 5.56 Å². The van der Waals surface area contributed by atoms with E-state index in [9.17, 15) is 4.79 Å². The molecule has 0 radical (unpaired) electrons. The Morgan fingerprint density at radius 1 is 1.36 bits per heavy atom. The summed E-state index contributed by atoms with van der Waals surface area (Å²) in [5.41, 5.74) is 8.82. The second-order valence-electron chi connectivity index (χ2n) is 2.60. The minimum absolute atomic E-state index is 0.181. The molecule has 4 nitrogen and oxygen atoms in total. The number of carboxylic acids is 1. The minimum Gasteiger partial charge on any atom is -0.472 e. The molecule has 0 aliphatic rings. The van der Waals surface area contributed by atoms with Gasteiger partial charge in [-0.3, -0.25) is 0 Å². The molecule has 0 amide bonds. The van der Waals surface area contributed by atoms with E-state index >= 15 is 0 Å². The highest BCUT2D eigenvalue weighted by molar-refractivity contribution is 6.51. The van der Waals surface area contributed by atoms with Crippen LogP contribution >= 0.6 is 0 Å². The van der Waals surface area contributed by atoms with Crippen LogP contribution in [0.2, 0.25) is 0 Å². The monoisotopic (exact) mass is 188 g/mol. The number of hydrogen-bond donors (Lipinski definition) is 1. The maximum absolute atomic E-state index is 10.6. The number of carboxylic acid groups (broad SMARTS) is 1. The van der Waals surface area contributed by atoms with E-state index in [1.54, 1.807) is 30.3 Å². The van der Waals surface area contributed by atoms with Gasteiger partial charge >= 0.3 is 11.7 Å². The van der Waals surface area contributed by atoms with E-state index in [4.69, 9.17) is 10.6 Å². The smallest absolute Gasteiger partial charge is 0.419 e. The average Bonchev–Trinajstić information content (AvgIpc) is 2.19. The Bertz CT molecular complexity index is 417. The summed E-state index contributed by atoms with van der Waals surface area (Å²) >= 11 is 0. The fraction of sp³-hybridized carbons (Fsp3) is 0. The molecule has 0 bridgehead atoms. The van der Waals surface area contributed by atoms with Crippen LogP contribution in [0.4, 0.5) is 0 Å². The van der Waals surface area contributed by atoms with Crippen molar-refractivity contribution in [2.24, 2.45) is 0 Å². The van der Waals surface area contributed by atoms with Gasteiger partial charge in [0.05, 0.1) is 5.57 Å². The molecule has 1 N–H and O–H groups in total. The first kappa shape index (κ1) is 9.89. The lowest BCUT2D eigenvalue weighted by Crippen LogP contribution is -2.15. The Morgan fingerprint density at radius 2 is 1.93 bits per heavy atom. The summed E-state index contributed by atoms with van der Waals surface area (Å²) in [5.74, 6) is -1.30. The second kappa shape index (κ2) is 4.16. The Hall–Kier alpha value is -2.19. The maximum Gasteiger partial charge on any atom is 0.419 e. The van der Waals surface area contributed by atoms with E-state index in [0.29, 0.717) is 5.56 Å². The predicted octanol–water partition coefficient (Wildman–Crippen LogP) is 1.46. The van der Waals surface area contributed by atoms with Gasteiger partial charge in [0.2, 0.25) is 0 Å². The van der Waals surface area contributed by atoms with Crippen molar-refractivity contribution in [2.45, 2.75) is 0 Å². The van der Waals surface area contributed by atoms with Crippen LogP contribution in [0.5, 0.6) is 0 Å². The maximum atomic E-state index is 10.6. The number of nitrogens with zero attached hydrogens (tertiary/aromatic N) is 2. The first-order chi connectivity index (χ1) is 6.66. The normalized spacial score (nSPS) is 8.86. The Kier molecular flexibility index (Phi) is 2.94. The lowest BCUT2D eigenvalue weighted by Gasteiger charge is -1.97. The molecule has 0 saturated carbocycles. The average molecular weight is 188 g/mol. The van der Waals surface area contributed by atoms with Crippen molar-refractivity contribution in [1.29, 1.82) is 0 Å². The molecule has 14 heavy (non-hydrogen) atoms. The fourth-order valence-corrected chi connectivity index (χ4v) is 1.01. The topological polar surface area (TPSA) is 73.7 Å². The molecule has 0 aromatic heterocycles. The molecule has 1 aromatic rings. The lowest BCUT2D eigenvalue weighted by molar-refractivity contribution is -0.133. The summed E-state index contributed by atoms with van der Waals surface area (Å²) < 4.78 is 0. The molecule has 70 valence electrons. The van der Waals surface area contributed by atoms with E-state index in [-0.39, 0.29) is 5.57 Å². The van der Waals surface area contributed by atoms with Crippen molar-refractivity contribution in [3.8, 4) is 0 Å². The molecule has 0 saturated heterocycles. The van der Waals surface area contributed by atoms with Crippen LogP contribution in [-0.2, 0) is 4.79 Å². The third-order valence-electron chi connectivity index (χ3n) is 1.71. The SMILES string of the molecule is C=C(C(=[N+]=[N-])C(=O)O)c1ccccc1. The van der Waals surface area contributed by atoms with Gasteiger partial charge in [0, 0.05) is 0 Å². The first-order valence-corrected chi connectivity index (χ1v) is 3.87. The van der Waals surface area contributed by atoms with E-state index in [0.717, 1.165) is 0 Å². The number of aliphatic carboxylic acids is 1. The highest BCUT2D eigenvalue weighted by atomic mass is 16.4. The van der Waals surface area contributed by atoms with Gasteiger partial charge in [0.15, 0.2) is 0 Å². The quantitative estimate of drug-likeness (QED) is 0.443. The van der Waals surface area contributed by atoms with Crippen molar-refractivity contribution >= 4 is 17.3 Å². The van der Waals surface area contributed by atoms with Crippen LogP contribution < -0.4 is 0 Å². The molecule has 0 atom stereocenters. The molecule has 0 aliphatic carbocycles. The summed E-state index contributed by atoms with van der Waals surface area (Å²) in [7, 11) is 0. The largest absolute Gasteiger partial charge is 0.472 e. The van der Waals surface area contributed by atoms with E-state index in [1.165, 1.54) is 0 Å². The molecular weight excluding hydrogens is 180 g/mol. The van der Waals surface area contributed by atoms with E-state index in [1.807, 2.05) is 0 Å². The fourth-order valence-electron chi connectivity index (χ4n) is 1.01. The number of benzene rings is 1. The van der Waals surface area contributed by atoms with Crippen molar-refractivity contribution in [3.63, 3.8) is 0 Å². The van der Waals surface area contributed by atoms with Gasteiger partial charge in [-0.15, -0.1) is 0 Å². The summed E-state index contributed by atoms with van der Waals surface area (Å²) in [6.45, 7) is 3.55. The van der Waals surface area contributed by atoms with Crippen molar-refractivity contribution in [3.05, 3.63) is 48.0 Å². The number of rotatable bonds is 3. The molecular formula is C10H8N2O2. The van der Waals surface area contributed by atoms with Crippen LogP contribution in [0.25, 0.3) is 11.1 Å². The predicted molar refractivity (Wildman–Crippen MR) is 51.7 cm³/mol. The molecule has 0 unspecified atom stereocenters. The van der Waals surface area contributed by atoms with Gasteiger partial charge in [0.25, 0.3) is 0 Å². The number of carbonyl (C=O) groups is 1. The molecule has 0 aliphatic heterocycles. The highest BCUT2D eigenvalue weighted by Gasteiger charge is 2.23. The van der Waals surface area contributed by atoms with Crippen LogP contribution in [0.1, 0.15) is 5.56 Å². The third kappa shape index (κ3) is 1.94. The van der Waals surface area contributed by atoms with Gasteiger partial charge < -0.3 is 10.6 Å². The molecule has 1 rings (SSSR count). The van der Waals surface area contributed by atoms with Crippen molar-refractivity contribution in [1.82, 2.24) is 0 Å². The zero-order chi connectivity index (χ0) is 10.6. The summed E-state index contributed by atoms with van der Waals surface area (Å²) in [6, 6.07) is 8.68. The molecule has 0 fully saturated rings. The van der Waals surface area contributed by atoms with Crippen molar-refractivity contribution < 1.29 is 14.7 Å². The molecule has 0 spiro atoms.